The molecule has 0 saturated carbocycles. The van der Waals surface area contributed by atoms with E-state index in [1.807, 2.05) is 47.2 Å². The van der Waals surface area contributed by atoms with E-state index >= 15 is 0 Å². The Morgan fingerprint density at radius 3 is 2.32 bits per heavy atom. The van der Waals surface area contributed by atoms with E-state index in [1.54, 1.807) is 6.07 Å². The van der Waals surface area contributed by atoms with Crippen LogP contribution in [0.5, 0.6) is 0 Å². The summed E-state index contributed by atoms with van der Waals surface area (Å²) in [6, 6.07) is 23.9. The molecule has 1 aliphatic heterocycles. The summed E-state index contributed by atoms with van der Waals surface area (Å²) in [4.78, 5) is 17.3. The first kappa shape index (κ1) is 24.9. The smallest absolute Gasteiger partial charge is 0.368 e. The van der Waals surface area contributed by atoms with Crippen molar-refractivity contribution in [2.75, 3.05) is 31.1 Å². The number of carbonyl (C=O) groups excluding carboxylic acids is 1. The lowest BCUT2D eigenvalue weighted by Gasteiger charge is -2.37. The Morgan fingerprint density at radius 1 is 0.892 bits per heavy atom. The molecule has 1 amide bonds. The number of alkyl halides is 3. The monoisotopic (exact) mass is 505 g/mol. The second-order valence-electron chi connectivity index (χ2n) is 9.72. The fourth-order valence-corrected chi connectivity index (χ4v) is 5.32. The Kier molecular flexibility index (Phi) is 6.96. The molecule has 37 heavy (non-hydrogen) atoms. The minimum atomic E-state index is -4.37. The molecule has 192 valence electrons. The Balaban J connectivity index is 1.31. The maximum Gasteiger partial charge on any atom is 0.416 e. The molecular formula is C30H30F3N3O. The number of nitrogens with zero attached hydrogens (tertiary/aromatic N) is 3. The zero-order valence-corrected chi connectivity index (χ0v) is 20.8. The van der Waals surface area contributed by atoms with E-state index in [0.717, 1.165) is 29.0 Å². The minimum absolute atomic E-state index is 0.0162. The molecule has 1 fully saturated rings. The van der Waals surface area contributed by atoms with Crippen LogP contribution in [0.15, 0.2) is 85.1 Å². The van der Waals surface area contributed by atoms with Crippen molar-refractivity contribution in [3.63, 3.8) is 0 Å². The highest BCUT2D eigenvalue weighted by Gasteiger charge is 2.31. The summed E-state index contributed by atoms with van der Waals surface area (Å²) in [6.45, 7) is 1.99. The molecule has 7 heteroatoms. The lowest BCUT2D eigenvalue weighted by molar-refractivity contribution is -0.137. The zero-order chi connectivity index (χ0) is 26.0. The lowest BCUT2D eigenvalue weighted by Crippen LogP contribution is -2.49. The van der Waals surface area contributed by atoms with Gasteiger partial charge in [0.05, 0.1) is 5.56 Å². The second-order valence-corrected chi connectivity index (χ2v) is 9.72. The highest BCUT2D eigenvalue weighted by Crippen LogP contribution is 2.34. The molecule has 2 heterocycles. The van der Waals surface area contributed by atoms with Gasteiger partial charge in [0.2, 0.25) is 5.91 Å². The average Bonchev–Trinajstić information content (AvgIpc) is 3.25. The molecule has 3 aromatic carbocycles. The van der Waals surface area contributed by atoms with Gasteiger partial charge in [-0.15, -0.1) is 0 Å². The number of piperazine rings is 1. The number of halogens is 3. The van der Waals surface area contributed by atoms with E-state index in [9.17, 15) is 18.0 Å². The summed E-state index contributed by atoms with van der Waals surface area (Å²) in [7, 11) is 2.03. The maximum atomic E-state index is 13.5. The number of amides is 1. The van der Waals surface area contributed by atoms with Crippen LogP contribution in [0.1, 0.15) is 29.0 Å². The number of carbonyl (C=O) groups is 1. The fourth-order valence-electron chi connectivity index (χ4n) is 5.32. The van der Waals surface area contributed by atoms with Crippen LogP contribution in [-0.2, 0) is 24.4 Å². The minimum Gasteiger partial charge on any atom is -0.368 e. The van der Waals surface area contributed by atoms with Crippen molar-refractivity contribution >= 4 is 22.5 Å². The van der Waals surface area contributed by atoms with Gasteiger partial charge in [0, 0.05) is 62.4 Å². The number of aryl methyl sites for hydroxylation is 1. The Labute approximate surface area is 214 Å². The number of hydrogen-bond donors (Lipinski definition) is 0. The molecular weight excluding hydrogens is 475 g/mol. The first-order valence-electron chi connectivity index (χ1n) is 12.6. The van der Waals surface area contributed by atoms with E-state index in [1.165, 1.54) is 17.7 Å². The van der Waals surface area contributed by atoms with Crippen LogP contribution in [0.25, 0.3) is 10.9 Å². The van der Waals surface area contributed by atoms with Gasteiger partial charge in [0.25, 0.3) is 0 Å². The number of rotatable bonds is 6. The van der Waals surface area contributed by atoms with Gasteiger partial charge in [-0.3, -0.25) is 4.79 Å². The molecule has 0 N–H and O–H groups in total. The number of aromatic nitrogens is 1. The van der Waals surface area contributed by atoms with Crippen molar-refractivity contribution in [2.45, 2.75) is 24.9 Å². The average molecular weight is 506 g/mol. The van der Waals surface area contributed by atoms with E-state index in [4.69, 9.17) is 0 Å². The summed E-state index contributed by atoms with van der Waals surface area (Å²) in [5.41, 5.74) is 3.38. The third-order valence-electron chi connectivity index (χ3n) is 7.28. The third-order valence-corrected chi connectivity index (χ3v) is 7.28. The quantitative estimate of drug-likeness (QED) is 0.309. The first-order chi connectivity index (χ1) is 17.8. The maximum absolute atomic E-state index is 13.5. The molecule has 0 aliphatic carbocycles. The van der Waals surface area contributed by atoms with Gasteiger partial charge < -0.3 is 14.4 Å². The molecule has 1 saturated heterocycles. The predicted octanol–water partition coefficient (Wildman–Crippen LogP) is 6.26. The molecule has 5 rings (SSSR count). The highest BCUT2D eigenvalue weighted by atomic mass is 19.4. The summed E-state index contributed by atoms with van der Waals surface area (Å²) in [5.74, 6) is 0.0973. The third kappa shape index (κ3) is 5.50. The van der Waals surface area contributed by atoms with E-state index in [2.05, 4.69) is 35.0 Å². The number of benzene rings is 3. The van der Waals surface area contributed by atoms with Crippen molar-refractivity contribution in [1.82, 2.24) is 9.47 Å². The molecule has 0 radical (unpaired) electrons. The van der Waals surface area contributed by atoms with Crippen LogP contribution in [0, 0.1) is 0 Å². The van der Waals surface area contributed by atoms with Gasteiger partial charge in [-0.05, 0) is 47.7 Å². The number of para-hydroxylation sites is 1. The first-order valence-corrected chi connectivity index (χ1v) is 12.6. The van der Waals surface area contributed by atoms with Crippen molar-refractivity contribution in [3.8, 4) is 0 Å². The Bertz CT molecular complexity index is 1370. The number of hydrogen-bond acceptors (Lipinski definition) is 2. The standard InChI is InChI=1S/C30H30F3N3O/c1-34-21-27(26-12-5-6-13-28(26)34)23(18-22-8-3-2-4-9-22)19-29(37)36-16-14-35(15-17-36)25-11-7-10-24(20-25)30(31,32)33/h2-13,20-21,23H,14-19H2,1H3/t23-/m0/s1. The van der Waals surface area contributed by atoms with Gasteiger partial charge >= 0.3 is 6.18 Å². The normalized spacial score (nSPS) is 15.2. The van der Waals surface area contributed by atoms with Gasteiger partial charge in [-0.25, -0.2) is 0 Å². The predicted molar refractivity (Wildman–Crippen MR) is 141 cm³/mol. The summed E-state index contributed by atoms with van der Waals surface area (Å²) < 4.78 is 41.6. The summed E-state index contributed by atoms with van der Waals surface area (Å²) >= 11 is 0. The van der Waals surface area contributed by atoms with Crippen molar-refractivity contribution < 1.29 is 18.0 Å². The van der Waals surface area contributed by atoms with Crippen molar-refractivity contribution in [1.29, 1.82) is 0 Å². The Morgan fingerprint density at radius 2 is 1.59 bits per heavy atom. The SMILES string of the molecule is Cn1cc([C@H](CC(=O)N2CCN(c3cccc(C(F)(F)F)c3)CC2)Cc2ccccc2)c2ccccc21. The fraction of sp³-hybridized carbons (Fsp3) is 0.300. The van der Waals surface area contributed by atoms with Crippen LogP contribution in [0.2, 0.25) is 0 Å². The topological polar surface area (TPSA) is 28.5 Å². The van der Waals surface area contributed by atoms with E-state index < -0.39 is 11.7 Å². The lowest BCUT2D eigenvalue weighted by atomic mass is 9.88. The molecule has 4 aromatic rings. The van der Waals surface area contributed by atoms with Crippen LogP contribution in [0.3, 0.4) is 0 Å². The second kappa shape index (κ2) is 10.3. The van der Waals surface area contributed by atoms with Gasteiger partial charge in [-0.2, -0.15) is 13.2 Å². The highest BCUT2D eigenvalue weighted by molar-refractivity contribution is 5.86. The number of anilines is 1. The van der Waals surface area contributed by atoms with E-state index in [-0.39, 0.29) is 11.8 Å². The van der Waals surface area contributed by atoms with Crippen molar-refractivity contribution in [2.24, 2.45) is 7.05 Å². The Hall–Kier alpha value is -3.74. The summed E-state index contributed by atoms with van der Waals surface area (Å²) in [5, 5.41) is 1.16. The number of fused-ring (bicyclic) bond motifs is 1. The van der Waals surface area contributed by atoms with Crippen LogP contribution in [-0.4, -0.2) is 41.6 Å². The van der Waals surface area contributed by atoms with Crippen LogP contribution < -0.4 is 4.90 Å². The summed E-state index contributed by atoms with van der Waals surface area (Å²) in [6.07, 6.45) is -1.10. The molecule has 1 aliphatic rings. The van der Waals surface area contributed by atoms with Crippen molar-refractivity contribution in [3.05, 3.63) is 102 Å². The molecule has 1 atom stereocenters. The van der Waals surface area contributed by atoms with Crippen LogP contribution in [0.4, 0.5) is 18.9 Å². The zero-order valence-electron chi connectivity index (χ0n) is 20.8. The molecule has 0 spiro atoms. The largest absolute Gasteiger partial charge is 0.416 e. The molecule has 0 bridgehead atoms. The van der Waals surface area contributed by atoms with Gasteiger partial charge in [0.1, 0.15) is 0 Å². The molecule has 0 unspecified atom stereocenters. The van der Waals surface area contributed by atoms with Gasteiger partial charge in [-0.1, -0.05) is 54.6 Å². The van der Waals surface area contributed by atoms with Crippen LogP contribution >= 0.6 is 0 Å². The van der Waals surface area contributed by atoms with E-state index in [0.29, 0.717) is 38.3 Å². The van der Waals surface area contributed by atoms with Gasteiger partial charge in [0.15, 0.2) is 0 Å². The molecule has 1 aromatic heterocycles. The molecule has 4 nitrogen and oxygen atoms in total.